The fourth-order valence-corrected chi connectivity index (χ4v) is 3.19. The average molecular weight is 401 g/mol. The monoisotopic (exact) mass is 400 g/mol. The molecule has 0 unspecified atom stereocenters. The summed E-state index contributed by atoms with van der Waals surface area (Å²) >= 11 is 6.29. The summed E-state index contributed by atoms with van der Waals surface area (Å²) in [4.78, 5) is 14.8. The van der Waals surface area contributed by atoms with Gasteiger partial charge < -0.3 is 18.9 Å². The van der Waals surface area contributed by atoms with E-state index >= 15 is 0 Å². The van der Waals surface area contributed by atoms with E-state index in [9.17, 15) is 4.79 Å². The summed E-state index contributed by atoms with van der Waals surface area (Å²) in [5.41, 5.74) is 2.33. The first-order chi connectivity index (χ1) is 13.5. The second-order valence-electron chi connectivity index (χ2n) is 6.28. The molecule has 3 aromatic rings. The maximum absolute atomic E-state index is 13.2. The fourth-order valence-electron chi connectivity index (χ4n) is 2.96. The van der Waals surface area contributed by atoms with Gasteiger partial charge in [0.15, 0.2) is 0 Å². The van der Waals surface area contributed by atoms with Gasteiger partial charge in [0.1, 0.15) is 28.5 Å². The molecule has 28 heavy (non-hydrogen) atoms. The van der Waals surface area contributed by atoms with E-state index in [1.807, 2.05) is 30.3 Å². The lowest BCUT2D eigenvalue weighted by Gasteiger charge is -2.19. The Kier molecular flexibility index (Phi) is 5.90. The zero-order chi connectivity index (χ0) is 20.3. The van der Waals surface area contributed by atoms with Gasteiger partial charge in [-0.05, 0) is 25.1 Å². The van der Waals surface area contributed by atoms with Crippen LogP contribution in [0.25, 0.3) is 11.3 Å². The van der Waals surface area contributed by atoms with Crippen LogP contribution < -0.4 is 9.47 Å². The lowest BCUT2D eigenvalue weighted by atomic mass is 10.0. The van der Waals surface area contributed by atoms with Crippen molar-refractivity contribution >= 4 is 17.5 Å². The Morgan fingerprint density at radius 3 is 2.61 bits per heavy atom. The van der Waals surface area contributed by atoms with Crippen LogP contribution in [0.4, 0.5) is 0 Å². The molecule has 0 atom stereocenters. The molecule has 1 aromatic heterocycles. The highest BCUT2D eigenvalue weighted by atomic mass is 35.5. The molecule has 0 spiro atoms. The summed E-state index contributed by atoms with van der Waals surface area (Å²) in [6.45, 7) is 2.06. The van der Waals surface area contributed by atoms with Gasteiger partial charge in [-0.2, -0.15) is 0 Å². The van der Waals surface area contributed by atoms with Crippen LogP contribution in [0.15, 0.2) is 47.0 Å². The molecule has 0 saturated carbocycles. The molecular formula is C21H21ClN2O4. The highest BCUT2D eigenvalue weighted by Crippen LogP contribution is 2.32. The highest BCUT2D eigenvalue weighted by Gasteiger charge is 2.26. The van der Waals surface area contributed by atoms with E-state index < -0.39 is 0 Å². The first kappa shape index (κ1) is 19.8. The second kappa shape index (κ2) is 8.35. The lowest BCUT2D eigenvalue weighted by molar-refractivity contribution is 0.0783. The second-order valence-corrected chi connectivity index (χ2v) is 6.69. The van der Waals surface area contributed by atoms with Crippen LogP contribution in [-0.2, 0) is 6.54 Å². The molecule has 0 aliphatic carbocycles. The minimum absolute atomic E-state index is 0.216. The number of rotatable bonds is 6. The fraction of sp³-hybridized carbons (Fsp3) is 0.238. The molecule has 0 bridgehead atoms. The smallest absolute Gasteiger partial charge is 0.259 e. The standard InChI is InChI=1S/C21H21ClN2O4/c1-13-19(20(23-28-13)16-7-5-6-8-17(16)22)21(25)24(2)12-14-9-10-15(26-3)11-18(14)27-4/h5-11H,12H2,1-4H3. The molecule has 0 radical (unpaired) electrons. The Morgan fingerprint density at radius 1 is 1.18 bits per heavy atom. The van der Waals surface area contributed by atoms with Gasteiger partial charge in [0.05, 0.1) is 19.2 Å². The van der Waals surface area contributed by atoms with Crippen molar-refractivity contribution in [2.45, 2.75) is 13.5 Å². The predicted molar refractivity (Wildman–Crippen MR) is 107 cm³/mol. The van der Waals surface area contributed by atoms with E-state index in [-0.39, 0.29) is 5.91 Å². The number of ether oxygens (including phenoxy) is 2. The molecule has 2 aromatic carbocycles. The van der Waals surface area contributed by atoms with Crippen molar-refractivity contribution in [2.24, 2.45) is 0 Å². The van der Waals surface area contributed by atoms with Crippen molar-refractivity contribution in [3.8, 4) is 22.8 Å². The Labute approximate surface area is 168 Å². The van der Waals surface area contributed by atoms with Gasteiger partial charge in [-0.25, -0.2) is 0 Å². The molecule has 0 N–H and O–H groups in total. The molecule has 0 saturated heterocycles. The molecule has 7 heteroatoms. The van der Waals surface area contributed by atoms with E-state index in [0.29, 0.717) is 45.6 Å². The highest BCUT2D eigenvalue weighted by molar-refractivity contribution is 6.33. The number of carbonyl (C=O) groups is 1. The van der Waals surface area contributed by atoms with Gasteiger partial charge in [-0.15, -0.1) is 0 Å². The summed E-state index contributed by atoms with van der Waals surface area (Å²) < 4.78 is 16.0. The molecule has 0 fully saturated rings. The SMILES string of the molecule is COc1ccc(CN(C)C(=O)c2c(-c3ccccc3Cl)noc2C)c(OC)c1. The molecule has 6 nitrogen and oxygen atoms in total. The van der Waals surface area contributed by atoms with Crippen molar-refractivity contribution in [2.75, 3.05) is 21.3 Å². The first-order valence-corrected chi connectivity index (χ1v) is 9.01. The predicted octanol–water partition coefficient (Wildman–Crippen LogP) is 4.59. The molecule has 1 heterocycles. The Balaban J connectivity index is 1.91. The van der Waals surface area contributed by atoms with Crippen LogP contribution in [-0.4, -0.2) is 37.2 Å². The van der Waals surface area contributed by atoms with Crippen LogP contribution in [0.3, 0.4) is 0 Å². The minimum atomic E-state index is -0.216. The molecule has 146 valence electrons. The van der Waals surface area contributed by atoms with E-state index in [1.54, 1.807) is 45.2 Å². The van der Waals surface area contributed by atoms with Gasteiger partial charge in [-0.1, -0.05) is 35.0 Å². The summed E-state index contributed by atoms with van der Waals surface area (Å²) in [6, 6.07) is 12.7. The number of halogens is 1. The van der Waals surface area contributed by atoms with Gasteiger partial charge in [-0.3, -0.25) is 4.79 Å². The number of amides is 1. The van der Waals surface area contributed by atoms with Gasteiger partial charge in [0, 0.05) is 30.8 Å². The maximum atomic E-state index is 13.2. The van der Waals surface area contributed by atoms with Crippen molar-refractivity contribution < 1.29 is 18.8 Å². The third-order valence-corrected chi connectivity index (χ3v) is 4.78. The van der Waals surface area contributed by atoms with Crippen LogP contribution in [0.2, 0.25) is 5.02 Å². The number of carbonyl (C=O) groups excluding carboxylic acids is 1. The third-order valence-electron chi connectivity index (χ3n) is 4.45. The normalized spacial score (nSPS) is 10.6. The number of methoxy groups -OCH3 is 2. The van der Waals surface area contributed by atoms with Crippen molar-refractivity contribution in [3.05, 3.63) is 64.4 Å². The minimum Gasteiger partial charge on any atom is -0.497 e. The van der Waals surface area contributed by atoms with Crippen molar-refractivity contribution in [1.29, 1.82) is 0 Å². The van der Waals surface area contributed by atoms with Gasteiger partial charge in [0.25, 0.3) is 5.91 Å². The molecular weight excluding hydrogens is 380 g/mol. The van der Waals surface area contributed by atoms with Crippen molar-refractivity contribution in [1.82, 2.24) is 10.1 Å². The average Bonchev–Trinajstić information content (AvgIpc) is 3.09. The van der Waals surface area contributed by atoms with E-state index in [4.69, 9.17) is 25.6 Å². The Hall–Kier alpha value is -2.99. The van der Waals surface area contributed by atoms with E-state index in [1.165, 1.54) is 0 Å². The number of benzene rings is 2. The Bertz CT molecular complexity index is 1000. The van der Waals surface area contributed by atoms with Gasteiger partial charge >= 0.3 is 0 Å². The number of hydrogen-bond acceptors (Lipinski definition) is 5. The molecule has 3 rings (SSSR count). The first-order valence-electron chi connectivity index (χ1n) is 8.63. The molecule has 0 aliphatic heterocycles. The number of nitrogens with zero attached hydrogens (tertiary/aromatic N) is 2. The lowest BCUT2D eigenvalue weighted by Crippen LogP contribution is -2.27. The number of hydrogen-bond donors (Lipinski definition) is 0. The third kappa shape index (κ3) is 3.82. The largest absolute Gasteiger partial charge is 0.497 e. The number of aromatic nitrogens is 1. The topological polar surface area (TPSA) is 64.8 Å². The summed E-state index contributed by atoms with van der Waals surface area (Å²) in [5.74, 6) is 1.55. The van der Waals surface area contributed by atoms with Crippen LogP contribution in [0.5, 0.6) is 11.5 Å². The maximum Gasteiger partial charge on any atom is 0.259 e. The quantitative estimate of drug-likeness (QED) is 0.605. The van der Waals surface area contributed by atoms with Crippen LogP contribution in [0, 0.1) is 6.92 Å². The van der Waals surface area contributed by atoms with E-state index in [0.717, 1.165) is 5.56 Å². The molecule has 0 aliphatic rings. The molecule has 1 amide bonds. The number of aryl methyl sites for hydroxylation is 1. The summed E-state index contributed by atoms with van der Waals surface area (Å²) in [6.07, 6.45) is 0. The summed E-state index contributed by atoms with van der Waals surface area (Å²) in [5, 5.41) is 4.57. The van der Waals surface area contributed by atoms with Gasteiger partial charge in [0.2, 0.25) is 0 Å². The Morgan fingerprint density at radius 2 is 1.93 bits per heavy atom. The van der Waals surface area contributed by atoms with Crippen molar-refractivity contribution in [3.63, 3.8) is 0 Å². The van der Waals surface area contributed by atoms with E-state index in [2.05, 4.69) is 5.16 Å². The van der Waals surface area contributed by atoms with Crippen LogP contribution >= 0.6 is 11.6 Å². The zero-order valence-electron chi connectivity index (χ0n) is 16.2. The zero-order valence-corrected chi connectivity index (χ0v) is 16.9. The van der Waals surface area contributed by atoms with Crippen LogP contribution in [0.1, 0.15) is 21.7 Å². The summed E-state index contributed by atoms with van der Waals surface area (Å²) in [7, 11) is 4.89.